The van der Waals surface area contributed by atoms with Crippen molar-refractivity contribution >= 4 is 23.7 Å². The molecular formula is C9H10ClN3O. The van der Waals surface area contributed by atoms with Gasteiger partial charge >= 0.3 is 0 Å². The van der Waals surface area contributed by atoms with Crippen molar-refractivity contribution in [2.24, 2.45) is 0 Å². The minimum atomic E-state index is 0.233. The SMILES string of the molecule is O=Cc1c(Cl)ncnc1N1CCCC1. The monoisotopic (exact) mass is 211 g/mol. The molecule has 1 aromatic heterocycles. The van der Waals surface area contributed by atoms with Crippen molar-refractivity contribution in [2.45, 2.75) is 12.8 Å². The number of anilines is 1. The number of aromatic nitrogens is 2. The minimum absolute atomic E-state index is 0.233. The molecule has 0 spiro atoms. The molecule has 0 radical (unpaired) electrons. The lowest BCUT2D eigenvalue weighted by molar-refractivity contribution is 0.112. The van der Waals surface area contributed by atoms with E-state index in [9.17, 15) is 4.79 Å². The molecule has 0 saturated carbocycles. The molecule has 1 aliphatic rings. The Balaban J connectivity index is 2.40. The number of carbonyl (C=O) groups is 1. The highest BCUT2D eigenvalue weighted by atomic mass is 35.5. The van der Waals surface area contributed by atoms with Crippen LogP contribution in [0.3, 0.4) is 0 Å². The lowest BCUT2D eigenvalue weighted by atomic mass is 10.3. The van der Waals surface area contributed by atoms with Gasteiger partial charge in [-0.2, -0.15) is 0 Å². The largest absolute Gasteiger partial charge is 0.356 e. The number of hydrogen-bond donors (Lipinski definition) is 0. The molecule has 0 amide bonds. The summed E-state index contributed by atoms with van der Waals surface area (Å²) in [4.78, 5) is 20.8. The maximum Gasteiger partial charge on any atom is 0.156 e. The van der Waals surface area contributed by atoms with Crippen LogP contribution in [0.5, 0.6) is 0 Å². The van der Waals surface area contributed by atoms with Gasteiger partial charge in [-0.3, -0.25) is 4.79 Å². The molecule has 2 rings (SSSR count). The van der Waals surface area contributed by atoms with Crippen LogP contribution in [0.1, 0.15) is 23.2 Å². The predicted molar refractivity (Wildman–Crippen MR) is 53.9 cm³/mol. The predicted octanol–water partition coefficient (Wildman–Crippen LogP) is 1.54. The number of nitrogens with zero attached hydrogens (tertiary/aromatic N) is 3. The van der Waals surface area contributed by atoms with Gasteiger partial charge in [-0.05, 0) is 12.8 Å². The first-order chi connectivity index (χ1) is 6.83. The first kappa shape index (κ1) is 9.40. The quantitative estimate of drug-likeness (QED) is 0.550. The van der Waals surface area contributed by atoms with Crippen molar-refractivity contribution in [1.29, 1.82) is 0 Å². The van der Waals surface area contributed by atoms with Gasteiger partial charge in [0.25, 0.3) is 0 Å². The zero-order valence-electron chi connectivity index (χ0n) is 7.61. The van der Waals surface area contributed by atoms with Crippen molar-refractivity contribution in [1.82, 2.24) is 9.97 Å². The van der Waals surface area contributed by atoms with Gasteiger partial charge in [-0.1, -0.05) is 11.6 Å². The molecule has 1 fully saturated rings. The third-order valence-electron chi connectivity index (χ3n) is 2.34. The van der Waals surface area contributed by atoms with Gasteiger partial charge in [0.15, 0.2) is 6.29 Å². The van der Waals surface area contributed by atoms with Crippen LogP contribution in [0.4, 0.5) is 5.82 Å². The van der Waals surface area contributed by atoms with E-state index in [4.69, 9.17) is 11.6 Å². The lowest BCUT2D eigenvalue weighted by Crippen LogP contribution is -2.21. The zero-order valence-corrected chi connectivity index (χ0v) is 8.37. The second kappa shape index (κ2) is 3.92. The highest BCUT2D eigenvalue weighted by Gasteiger charge is 2.18. The molecule has 14 heavy (non-hydrogen) atoms. The second-order valence-electron chi connectivity index (χ2n) is 3.21. The van der Waals surface area contributed by atoms with Gasteiger partial charge < -0.3 is 4.90 Å². The molecule has 4 nitrogen and oxygen atoms in total. The maximum absolute atomic E-state index is 10.8. The van der Waals surface area contributed by atoms with E-state index >= 15 is 0 Å². The molecule has 0 aromatic carbocycles. The molecule has 1 aromatic rings. The van der Waals surface area contributed by atoms with E-state index in [1.165, 1.54) is 6.33 Å². The Morgan fingerprint density at radius 1 is 1.36 bits per heavy atom. The van der Waals surface area contributed by atoms with Crippen LogP contribution in [0.25, 0.3) is 0 Å². The molecule has 1 saturated heterocycles. The fourth-order valence-electron chi connectivity index (χ4n) is 1.65. The molecule has 5 heteroatoms. The van der Waals surface area contributed by atoms with Gasteiger partial charge in [0, 0.05) is 13.1 Å². The van der Waals surface area contributed by atoms with E-state index < -0.39 is 0 Å². The molecule has 0 bridgehead atoms. The van der Waals surface area contributed by atoms with Crippen molar-refractivity contribution in [3.8, 4) is 0 Å². The Morgan fingerprint density at radius 2 is 2.07 bits per heavy atom. The number of rotatable bonds is 2. The Kier molecular flexibility index (Phi) is 2.63. The van der Waals surface area contributed by atoms with E-state index in [0.717, 1.165) is 32.2 Å². The summed E-state index contributed by atoms with van der Waals surface area (Å²) >= 11 is 5.80. The number of hydrogen-bond acceptors (Lipinski definition) is 4. The molecule has 74 valence electrons. The van der Waals surface area contributed by atoms with Crippen LogP contribution in [-0.2, 0) is 0 Å². The molecular weight excluding hydrogens is 202 g/mol. The Bertz CT molecular complexity index is 350. The highest BCUT2D eigenvalue weighted by Crippen LogP contribution is 2.24. The lowest BCUT2D eigenvalue weighted by Gasteiger charge is -2.17. The van der Waals surface area contributed by atoms with Gasteiger partial charge in [0.1, 0.15) is 17.3 Å². The standard InChI is InChI=1S/C9H10ClN3O/c10-8-7(5-14)9(12-6-11-8)13-3-1-2-4-13/h5-6H,1-4H2. The molecule has 0 atom stereocenters. The van der Waals surface area contributed by atoms with E-state index in [1.807, 2.05) is 0 Å². The number of halogens is 1. The van der Waals surface area contributed by atoms with Crippen LogP contribution in [0.15, 0.2) is 6.33 Å². The fraction of sp³-hybridized carbons (Fsp3) is 0.444. The first-order valence-electron chi connectivity index (χ1n) is 4.53. The Hall–Kier alpha value is -1.16. The van der Waals surface area contributed by atoms with Crippen molar-refractivity contribution in [3.05, 3.63) is 17.0 Å². The smallest absolute Gasteiger partial charge is 0.156 e. The Morgan fingerprint density at radius 3 is 2.71 bits per heavy atom. The van der Waals surface area contributed by atoms with Crippen molar-refractivity contribution in [3.63, 3.8) is 0 Å². The van der Waals surface area contributed by atoms with Gasteiger partial charge in [-0.25, -0.2) is 9.97 Å². The fourth-order valence-corrected chi connectivity index (χ4v) is 1.82. The zero-order chi connectivity index (χ0) is 9.97. The summed E-state index contributed by atoms with van der Waals surface area (Å²) in [6.45, 7) is 1.88. The molecule has 0 unspecified atom stereocenters. The number of carbonyl (C=O) groups excluding carboxylic acids is 1. The Labute approximate surface area is 86.9 Å². The summed E-state index contributed by atoms with van der Waals surface area (Å²) in [6.07, 6.45) is 4.39. The summed E-state index contributed by atoms with van der Waals surface area (Å²) in [5, 5.41) is 0.233. The van der Waals surface area contributed by atoms with Crippen molar-refractivity contribution < 1.29 is 4.79 Å². The van der Waals surface area contributed by atoms with E-state index in [2.05, 4.69) is 14.9 Å². The number of aldehydes is 1. The van der Waals surface area contributed by atoms with Gasteiger partial charge in [-0.15, -0.1) is 0 Å². The van der Waals surface area contributed by atoms with Crippen LogP contribution in [-0.4, -0.2) is 29.3 Å². The third-order valence-corrected chi connectivity index (χ3v) is 2.64. The van der Waals surface area contributed by atoms with E-state index in [-0.39, 0.29) is 5.15 Å². The normalized spacial score (nSPS) is 15.9. The molecule has 1 aliphatic heterocycles. The average Bonchev–Trinajstić information content (AvgIpc) is 2.70. The molecule has 0 N–H and O–H groups in total. The van der Waals surface area contributed by atoms with E-state index in [1.54, 1.807) is 0 Å². The molecule has 2 heterocycles. The summed E-state index contributed by atoms with van der Waals surface area (Å²) in [7, 11) is 0. The van der Waals surface area contributed by atoms with Crippen LogP contribution >= 0.6 is 11.6 Å². The second-order valence-corrected chi connectivity index (χ2v) is 3.57. The van der Waals surface area contributed by atoms with E-state index in [0.29, 0.717) is 11.4 Å². The minimum Gasteiger partial charge on any atom is -0.356 e. The van der Waals surface area contributed by atoms with Crippen LogP contribution in [0.2, 0.25) is 5.15 Å². The summed E-state index contributed by atoms with van der Waals surface area (Å²) in [5.41, 5.74) is 0.399. The highest BCUT2D eigenvalue weighted by molar-refractivity contribution is 6.32. The van der Waals surface area contributed by atoms with Crippen molar-refractivity contribution in [2.75, 3.05) is 18.0 Å². The summed E-state index contributed by atoms with van der Waals surface area (Å²) < 4.78 is 0. The van der Waals surface area contributed by atoms with Gasteiger partial charge in [0.05, 0.1) is 5.56 Å². The molecule has 0 aliphatic carbocycles. The van der Waals surface area contributed by atoms with Gasteiger partial charge in [0.2, 0.25) is 0 Å². The average molecular weight is 212 g/mol. The van der Waals surface area contributed by atoms with Crippen LogP contribution < -0.4 is 4.90 Å². The summed E-state index contributed by atoms with van der Waals surface area (Å²) in [6, 6.07) is 0. The first-order valence-corrected chi connectivity index (χ1v) is 4.91. The maximum atomic E-state index is 10.8. The summed E-state index contributed by atoms with van der Waals surface area (Å²) in [5.74, 6) is 0.664. The topological polar surface area (TPSA) is 46.1 Å². The van der Waals surface area contributed by atoms with Crippen LogP contribution in [0, 0.1) is 0 Å². The third kappa shape index (κ3) is 1.57.